The number of benzene rings is 2. The number of carbonyl (C=O) groups is 2. The van der Waals surface area contributed by atoms with Crippen LogP contribution in [0.25, 0.3) is 0 Å². The SMILES string of the molecule is CS(=O)(=O)c1ccc(OCCCC(=O)N2CCN(C(=O)c3ccc(F)cc3Cl)CC2)cc1. The van der Waals surface area contributed by atoms with Crippen LogP contribution in [-0.4, -0.2) is 69.1 Å². The molecule has 0 unspecified atom stereocenters. The number of rotatable bonds is 7. The summed E-state index contributed by atoms with van der Waals surface area (Å²) in [6.07, 6.45) is 1.96. The van der Waals surface area contributed by atoms with Gasteiger partial charge in [-0.1, -0.05) is 11.6 Å². The second-order valence-corrected chi connectivity index (χ2v) is 9.92. The van der Waals surface area contributed by atoms with Crippen LogP contribution in [0.4, 0.5) is 4.39 Å². The fourth-order valence-corrected chi connectivity index (χ4v) is 4.23. The highest BCUT2D eigenvalue weighted by molar-refractivity contribution is 7.90. The van der Waals surface area contributed by atoms with Gasteiger partial charge < -0.3 is 14.5 Å². The molecule has 32 heavy (non-hydrogen) atoms. The van der Waals surface area contributed by atoms with Gasteiger partial charge in [-0.25, -0.2) is 12.8 Å². The van der Waals surface area contributed by atoms with Gasteiger partial charge >= 0.3 is 0 Å². The third-order valence-electron chi connectivity index (χ3n) is 5.14. The molecule has 0 N–H and O–H groups in total. The molecule has 1 aliphatic heterocycles. The van der Waals surface area contributed by atoms with E-state index in [1.165, 1.54) is 24.3 Å². The highest BCUT2D eigenvalue weighted by Crippen LogP contribution is 2.20. The lowest BCUT2D eigenvalue weighted by atomic mass is 10.1. The fourth-order valence-electron chi connectivity index (χ4n) is 3.35. The predicted molar refractivity (Wildman–Crippen MR) is 118 cm³/mol. The van der Waals surface area contributed by atoms with Crippen LogP contribution in [0.5, 0.6) is 5.75 Å². The molecular formula is C22H24ClFN2O5S. The van der Waals surface area contributed by atoms with Crippen LogP contribution < -0.4 is 4.74 Å². The third-order valence-corrected chi connectivity index (χ3v) is 6.58. The summed E-state index contributed by atoms with van der Waals surface area (Å²) in [6, 6.07) is 9.80. The number of nitrogens with zero attached hydrogens (tertiary/aromatic N) is 2. The van der Waals surface area contributed by atoms with Crippen LogP contribution in [0.1, 0.15) is 23.2 Å². The van der Waals surface area contributed by atoms with Crippen molar-refractivity contribution < 1.29 is 27.1 Å². The van der Waals surface area contributed by atoms with Crippen LogP contribution in [0.3, 0.4) is 0 Å². The molecule has 1 heterocycles. The monoisotopic (exact) mass is 482 g/mol. The third kappa shape index (κ3) is 6.20. The summed E-state index contributed by atoms with van der Waals surface area (Å²) < 4.78 is 41.7. The Morgan fingerprint density at radius 1 is 1.03 bits per heavy atom. The molecule has 0 aromatic heterocycles. The lowest BCUT2D eigenvalue weighted by molar-refractivity contribution is -0.132. The molecule has 2 aromatic carbocycles. The van der Waals surface area contributed by atoms with E-state index in [0.29, 0.717) is 51.4 Å². The summed E-state index contributed by atoms with van der Waals surface area (Å²) in [5.74, 6) is -0.265. The normalized spacial score (nSPS) is 14.3. The van der Waals surface area contributed by atoms with E-state index in [-0.39, 0.29) is 27.3 Å². The number of hydrogen-bond donors (Lipinski definition) is 0. The predicted octanol–water partition coefficient (Wildman–Crippen LogP) is 3.03. The average Bonchev–Trinajstić information content (AvgIpc) is 2.76. The van der Waals surface area contributed by atoms with Crippen LogP contribution in [-0.2, 0) is 14.6 Å². The maximum absolute atomic E-state index is 13.2. The average molecular weight is 483 g/mol. The Hall–Kier alpha value is -2.65. The Labute approximate surface area is 191 Å². The summed E-state index contributed by atoms with van der Waals surface area (Å²) in [4.78, 5) is 28.6. The number of hydrogen-bond acceptors (Lipinski definition) is 5. The zero-order valence-electron chi connectivity index (χ0n) is 17.6. The molecule has 0 bridgehead atoms. The lowest BCUT2D eigenvalue weighted by Crippen LogP contribution is -2.50. The number of ether oxygens (including phenoxy) is 1. The molecule has 0 aliphatic carbocycles. The van der Waals surface area contributed by atoms with Gasteiger partial charge in [-0.3, -0.25) is 9.59 Å². The smallest absolute Gasteiger partial charge is 0.255 e. The van der Waals surface area contributed by atoms with E-state index in [0.717, 1.165) is 12.3 Å². The van der Waals surface area contributed by atoms with Gasteiger partial charge in [-0.2, -0.15) is 0 Å². The van der Waals surface area contributed by atoms with E-state index in [4.69, 9.17) is 16.3 Å². The molecule has 10 heteroatoms. The molecule has 7 nitrogen and oxygen atoms in total. The molecule has 172 valence electrons. The standard InChI is InChI=1S/C22H24ClFN2O5S/c1-32(29,30)18-7-5-17(6-8-18)31-14-2-3-21(27)25-10-12-26(13-11-25)22(28)19-9-4-16(24)15-20(19)23/h4-9,15H,2-3,10-14H2,1H3. The van der Waals surface area contributed by atoms with Crippen LogP contribution in [0, 0.1) is 5.82 Å². The minimum Gasteiger partial charge on any atom is -0.494 e. The molecule has 0 spiro atoms. The van der Waals surface area contributed by atoms with E-state index in [1.807, 2.05) is 0 Å². The molecule has 0 saturated carbocycles. The number of amides is 2. The van der Waals surface area contributed by atoms with Crippen molar-refractivity contribution in [2.75, 3.05) is 39.0 Å². The Kier molecular flexibility index (Phi) is 7.73. The molecule has 2 amide bonds. The first-order chi connectivity index (χ1) is 15.1. The zero-order chi connectivity index (χ0) is 23.3. The van der Waals surface area contributed by atoms with Crippen molar-refractivity contribution >= 4 is 33.3 Å². The van der Waals surface area contributed by atoms with Gasteiger partial charge in [0.25, 0.3) is 5.91 Å². The summed E-state index contributed by atoms with van der Waals surface area (Å²) >= 11 is 5.97. The molecule has 1 fully saturated rings. The highest BCUT2D eigenvalue weighted by atomic mass is 35.5. The molecule has 1 aliphatic rings. The summed E-state index contributed by atoms with van der Waals surface area (Å²) in [5.41, 5.74) is 0.245. The number of halogens is 2. The second-order valence-electron chi connectivity index (χ2n) is 7.49. The van der Waals surface area contributed by atoms with Gasteiger partial charge in [-0.15, -0.1) is 0 Å². The van der Waals surface area contributed by atoms with Gasteiger partial charge in [0, 0.05) is 38.9 Å². The van der Waals surface area contributed by atoms with Gasteiger partial charge in [0.1, 0.15) is 11.6 Å². The van der Waals surface area contributed by atoms with Gasteiger partial charge in [0.15, 0.2) is 9.84 Å². The minimum absolute atomic E-state index is 0.0204. The fraction of sp³-hybridized carbons (Fsp3) is 0.364. The van der Waals surface area contributed by atoms with Crippen LogP contribution in [0.2, 0.25) is 5.02 Å². The maximum Gasteiger partial charge on any atom is 0.255 e. The number of sulfone groups is 1. The first kappa shape index (κ1) is 24.0. The Morgan fingerprint density at radius 3 is 2.25 bits per heavy atom. The Morgan fingerprint density at radius 2 is 1.66 bits per heavy atom. The highest BCUT2D eigenvalue weighted by Gasteiger charge is 2.25. The lowest BCUT2D eigenvalue weighted by Gasteiger charge is -2.35. The van der Waals surface area contributed by atoms with Gasteiger partial charge in [-0.05, 0) is 48.9 Å². The van der Waals surface area contributed by atoms with E-state index < -0.39 is 15.7 Å². The van der Waals surface area contributed by atoms with E-state index in [2.05, 4.69) is 0 Å². The van der Waals surface area contributed by atoms with Crippen molar-refractivity contribution in [2.24, 2.45) is 0 Å². The molecule has 1 saturated heterocycles. The quantitative estimate of drug-likeness (QED) is 0.566. The van der Waals surface area contributed by atoms with Crippen molar-refractivity contribution in [3.8, 4) is 5.75 Å². The summed E-state index contributed by atoms with van der Waals surface area (Å²) in [7, 11) is -3.25. The molecule has 3 rings (SSSR count). The maximum atomic E-state index is 13.2. The summed E-state index contributed by atoms with van der Waals surface area (Å²) in [6.45, 7) is 1.91. The van der Waals surface area contributed by atoms with E-state index >= 15 is 0 Å². The minimum atomic E-state index is -3.25. The molecule has 0 radical (unpaired) electrons. The molecule has 2 aromatic rings. The van der Waals surface area contributed by atoms with Crippen molar-refractivity contribution in [1.82, 2.24) is 9.80 Å². The molecule has 0 atom stereocenters. The topological polar surface area (TPSA) is 84.0 Å². The van der Waals surface area contributed by atoms with Gasteiger partial charge in [0.05, 0.1) is 22.1 Å². The van der Waals surface area contributed by atoms with Crippen LogP contribution >= 0.6 is 11.6 Å². The van der Waals surface area contributed by atoms with Crippen molar-refractivity contribution in [3.63, 3.8) is 0 Å². The van der Waals surface area contributed by atoms with Crippen molar-refractivity contribution in [3.05, 3.63) is 58.9 Å². The first-order valence-electron chi connectivity index (χ1n) is 10.1. The zero-order valence-corrected chi connectivity index (χ0v) is 19.2. The Bertz CT molecular complexity index is 1080. The number of carbonyl (C=O) groups excluding carboxylic acids is 2. The first-order valence-corrected chi connectivity index (χ1v) is 12.4. The van der Waals surface area contributed by atoms with Crippen molar-refractivity contribution in [1.29, 1.82) is 0 Å². The van der Waals surface area contributed by atoms with Crippen LogP contribution in [0.15, 0.2) is 47.4 Å². The molecular weight excluding hydrogens is 459 g/mol. The van der Waals surface area contributed by atoms with E-state index in [1.54, 1.807) is 21.9 Å². The largest absolute Gasteiger partial charge is 0.494 e. The van der Waals surface area contributed by atoms with Crippen molar-refractivity contribution in [2.45, 2.75) is 17.7 Å². The second kappa shape index (κ2) is 10.3. The Balaban J connectivity index is 1.40. The van der Waals surface area contributed by atoms with Gasteiger partial charge in [0.2, 0.25) is 5.91 Å². The summed E-state index contributed by atoms with van der Waals surface area (Å²) in [5, 5.41) is 0.0689. The van der Waals surface area contributed by atoms with E-state index in [9.17, 15) is 22.4 Å². The number of piperazine rings is 1.